The standard InChI is InChI=1S/C32H36N2O6/c1-5-18-40-26-13-9-12-24(19-26)27(23-10-7-6-8-11-23)22-30(35)33-14-16-34(17-15-33)32(36)25-20-28(37-2)31(39-4)29(21-25)38-3/h6-13,19-22H,5,14-18H2,1-4H3/b27-22+. The van der Waals surface area contributed by atoms with Crippen molar-refractivity contribution in [1.82, 2.24) is 9.80 Å². The molecule has 0 unspecified atom stereocenters. The minimum Gasteiger partial charge on any atom is -0.494 e. The number of carbonyl (C=O) groups excluding carboxylic acids is 2. The van der Waals surface area contributed by atoms with Gasteiger partial charge in [-0.2, -0.15) is 0 Å². The van der Waals surface area contributed by atoms with Gasteiger partial charge >= 0.3 is 0 Å². The van der Waals surface area contributed by atoms with Crippen molar-refractivity contribution in [3.8, 4) is 23.0 Å². The molecule has 8 heteroatoms. The zero-order valence-electron chi connectivity index (χ0n) is 23.5. The Morgan fingerprint density at radius 2 is 1.38 bits per heavy atom. The molecule has 0 spiro atoms. The Balaban J connectivity index is 1.51. The predicted molar refractivity (Wildman–Crippen MR) is 154 cm³/mol. The van der Waals surface area contributed by atoms with Crippen LogP contribution in [0.1, 0.15) is 34.8 Å². The number of hydrogen-bond donors (Lipinski definition) is 0. The highest BCUT2D eigenvalue weighted by Gasteiger charge is 2.26. The lowest BCUT2D eigenvalue weighted by molar-refractivity contribution is -0.127. The van der Waals surface area contributed by atoms with Gasteiger partial charge in [-0.15, -0.1) is 0 Å². The molecule has 1 heterocycles. The van der Waals surface area contributed by atoms with E-state index in [4.69, 9.17) is 18.9 Å². The van der Waals surface area contributed by atoms with Crippen LogP contribution in [0.2, 0.25) is 0 Å². The van der Waals surface area contributed by atoms with Crippen molar-refractivity contribution in [1.29, 1.82) is 0 Å². The Morgan fingerprint density at radius 3 is 1.98 bits per heavy atom. The number of nitrogens with zero attached hydrogens (tertiary/aromatic N) is 2. The fourth-order valence-corrected chi connectivity index (χ4v) is 4.66. The van der Waals surface area contributed by atoms with Gasteiger partial charge in [-0.3, -0.25) is 9.59 Å². The zero-order chi connectivity index (χ0) is 28.5. The van der Waals surface area contributed by atoms with Crippen LogP contribution in [0, 0.1) is 0 Å². The summed E-state index contributed by atoms with van der Waals surface area (Å²) in [5.74, 6) is 1.78. The second kappa shape index (κ2) is 13.6. The van der Waals surface area contributed by atoms with Crippen LogP contribution < -0.4 is 18.9 Å². The molecule has 0 aliphatic carbocycles. The molecule has 0 saturated carbocycles. The van der Waals surface area contributed by atoms with E-state index in [0.29, 0.717) is 55.6 Å². The van der Waals surface area contributed by atoms with Crippen molar-refractivity contribution < 1.29 is 28.5 Å². The summed E-state index contributed by atoms with van der Waals surface area (Å²) in [4.78, 5) is 30.3. The summed E-state index contributed by atoms with van der Waals surface area (Å²) in [5, 5.41) is 0. The van der Waals surface area contributed by atoms with E-state index in [-0.39, 0.29) is 11.8 Å². The first-order valence-corrected chi connectivity index (χ1v) is 13.4. The van der Waals surface area contributed by atoms with Crippen LogP contribution >= 0.6 is 0 Å². The minimum absolute atomic E-state index is 0.0985. The number of hydrogen-bond acceptors (Lipinski definition) is 6. The van der Waals surface area contributed by atoms with E-state index >= 15 is 0 Å². The summed E-state index contributed by atoms with van der Waals surface area (Å²) in [7, 11) is 4.55. The lowest BCUT2D eigenvalue weighted by atomic mass is 9.97. The summed E-state index contributed by atoms with van der Waals surface area (Å²) in [6, 6.07) is 21.0. The van der Waals surface area contributed by atoms with Crippen LogP contribution in [-0.2, 0) is 4.79 Å². The van der Waals surface area contributed by atoms with Crippen LogP contribution in [0.15, 0.2) is 72.8 Å². The number of ether oxygens (including phenoxy) is 4. The third-order valence-corrected chi connectivity index (χ3v) is 6.76. The van der Waals surface area contributed by atoms with Crippen molar-refractivity contribution in [3.05, 3.63) is 89.5 Å². The largest absolute Gasteiger partial charge is 0.494 e. The topological polar surface area (TPSA) is 77.5 Å². The van der Waals surface area contributed by atoms with E-state index in [2.05, 4.69) is 6.92 Å². The number of rotatable bonds is 10. The van der Waals surface area contributed by atoms with Crippen LogP contribution in [0.5, 0.6) is 23.0 Å². The fourth-order valence-electron chi connectivity index (χ4n) is 4.66. The molecule has 1 saturated heterocycles. The molecule has 0 bridgehead atoms. The van der Waals surface area contributed by atoms with E-state index in [1.165, 1.54) is 21.3 Å². The van der Waals surface area contributed by atoms with Gasteiger partial charge in [0.1, 0.15) is 5.75 Å². The average molecular weight is 545 g/mol. The minimum atomic E-state index is -0.157. The molecule has 3 aromatic carbocycles. The Bertz CT molecular complexity index is 1320. The van der Waals surface area contributed by atoms with Gasteiger partial charge in [0.2, 0.25) is 11.7 Å². The maximum Gasteiger partial charge on any atom is 0.254 e. The Hall–Kier alpha value is -4.46. The molecule has 0 atom stereocenters. The number of methoxy groups -OCH3 is 3. The molecule has 2 amide bonds. The van der Waals surface area contributed by atoms with Gasteiger partial charge in [-0.1, -0.05) is 49.4 Å². The van der Waals surface area contributed by atoms with Crippen molar-refractivity contribution in [2.45, 2.75) is 13.3 Å². The molecule has 210 valence electrons. The van der Waals surface area contributed by atoms with Gasteiger partial charge < -0.3 is 28.7 Å². The smallest absolute Gasteiger partial charge is 0.254 e. The van der Waals surface area contributed by atoms with Crippen molar-refractivity contribution in [3.63, 3.8) is 0 Å². The first-order valence-electron chi connectivity index (χ1n) is 13.4. The van der Waals surface area contributed by atoms with Crippen molar-refractivity contribution >= 4 is 17.4 Å². The molecule has 3 aromatic rings. The summed E-state index contributed by atoms with van der Waals surface area (Å²) < 4.78 is 22.0. The molecular weight excluding hydrogens is 508 g/mol. The molecule has 1 aliphatic heterocycles. The monoisotopic (exact) mass is 544 g/mol. The quantitative estimate of drug-likeness (QED) is 0.338. The van der Waals surface area contributed by atoms with Crippen LogP contribution in [0.3, 0.4) is 0 Å². The van der Waals surface area contributed by atoms with E-state index in [1.54, 1.807) is 28.0 Å². The van der Waals surface area contributed by atoms with Crippen LogP contribution in [-0.4, -0.2) is 75.7 Å². The molecule has 1 aliphatic rings. The van der Waals surface area contributed by atoms with Gasteiger partial charge in [0.25, 0.3) is 5.91 Å². The SMILES string of the molecule is CCCOc1cccc(/C(=C/C(=O)N2CCN(C(=O)c3cc(OC)c(OC)c(OC)c3)CC2)c2ccccc2)c1. The third kappa shape index (κ3) is 6.57. The molecule has 8 nitrogen and oxygen atoms in total. The lowest BCUT2D eigenvalue weighted by Crippen LogP contribution is -2.50. The van der Waals surface area contributed by atoms with Crippen molar-refractivity contribution in [2.75, 3.05) is 54.1 Å². The van der Waals surface area contributed by atoms with Crippen LogP contribution in [0.25, 0.3) is 5.57 Å². The summed E-state index contributed by atoms with van der Waals surface area (Å²) in [6.45, 7) is 4.37. The molecule has 0 radical (unpaired) electrons. The number of piperazine rings is 1. The molecule has 0 N–H and O–H groups in total. The Kier molecular flexibility index (Phi) is 9.67. The van der Waals surface area contributed by atoms with Crippen LogP contribution in [0.4, 0.5) is 0 Å². The van der Waals surface area contributed by atoms with E-state index < -0.39 is 0 Å². The number of amides is 2. The van der Waals surface area contributed by atoms with Gasteiger partial charge in [0, 0.05) is 37.8 Å². The summed E-state index contributed by atoms with van der Waals surface area (Å²) >= 11 is 0. The van der Waals surface area contributed by atoms with E-state index in [0.717, 1.165) is 28.9 Å². The third-order valence-electron chi connectivity index (χ3n) is 6.76. The fraction of sp³-hybridized carbons (Fsp3) is 0.312. The first kappa shape index (κ1) is 28.5. The molecule has 4 rings (SSSR count). The highest BCUT2D eigenvalue weighted by molar-refractivity contribution is 6.00. The van der Waals surface area contributed by atoms with Gasteiger partial charge in [0.15, 0.2) is 11.5 Å². The van der Waals surface area contributed by atoms with E-state index in [9.17, 15) is 9.59 Å². The number of benzene rings is 3. The lowest BCUT2D eigenvalue weighted by Gasteiger charge is -2.34. The predicted octanol–water partition coefficient (Wildman–Crippen LogP) is 4.92. The Morgan fingerprint density at radius 1 is 0.750 bits per heavy atom. The molecular formula is C32H36N2O6. The average Bonchev–Trinajstić information content (AvgIpc) is 3.01. The summed E-state index contributed by atoms with van der Waals surface area (Å²) in [6.07, 6.45) is 2.60. The molecule has 40 heavy (non-hydrogen) atoms. The zero-order valence-corrected chi connectivity index (χ0v) is 23.5. The maximum absolute atomic E-state index is 13.5. The maximum atomic E-state index is 13.5. The highest BCUT2D eigenvalue weighted by atomic mass is 16.5. The molecule has 1 fully saturated rings. The molecule has 0 aromatic heterocycles. The Labute approximate surface area is 235 Å². The van der Waals surface area contributed by atoms with Gasteiger partial charge in [-0.05, 0) is 47.4 Å². The van der Waals surface area contributed by atoms with E-state index in [1.807, 2.05) is 54.6 Å². The van der Waals surface area contributed by atoms with Gasteiger partial charge in [0.05, 0.1) is 27.9 Å². The van der Waals surface area contributed by atoms with Gasteiger partial charge in [-0.25, -0.2) is 0 Å². The highest BCUT2D eigenvalue weighted by Crippen LogP contribution is 2.38. The second-order valence-electron chi connectivity index (χ2n) is 9.33. The van der Waals surface area contributed by atoms with Crippen molar-refractivity contribution in [2.24, 2.45) is 0 Å². The summed E-state index contributed by atoms with van der Waals surface area (Å²) in [5.41, 5.74) is 3.11. The number of carbonyl (C=O) groups is 2. The normalized spacial score (nSPS) is 13.6. The first-order chi connectivity index (χ1) is 19.5. The second-order valence-corrected chi connectivity index (χ2v) is 9.33.